The summed E-state index contributed by atoms with van der Waals surface area (Å²) in [4.78, 5) is 30.3. The molecule has 0 saturated heterocycles. The highest BCUT2D eigenvalue weighted by molar-refractivity contribution is 5.75. The number of rotatable bonds is 3. The van der Waals surface area contributed by atoms with E-state index in [4.69, 9.17) is 9.99 Å². The topological polar surface area (TPSA) is 91.3 Å². The van der Waals surface area contributed by atoms with Crippen LogP contribution in [0.15, 0.2) is 0 Å². The number of ether oxygens (including phenoxy) is 1. The van der Waals surface area contributed by atoms with Crippen LogP contribution in [-0.2, 0) is 19.6 Å². The van der Waals surface area contributed by atoms with E-state index in [9.17, 15) is 9.59 Å². The fraction of sp³-hybridized carbons (Fsp3) is 0.833. The predicted octanol–water partition coefficient (Wildman–Crippen LogP) is 3.43. The molecule has 1 aliphatic rings. The highest BCUT2D eigenvalue weighted by Crippen LogP contribution is 2.45. The zero-order chi connectivity index (χ0) is 14.5. The molecular formula is C12H20O7. The Morgan fingerprint density at radius 2 is 1.68 bits per heavy atom. The maximum absolute atomic E-state index is 10.8. The van der Waals surface area contributed by atoms with E-state index in [1.165, 1.54) is 0 Å². The van der Waals surface area contributed by atoms with E-state index < -0.39 is 17.9 Å². The lowest BCUT2D eigenvalue weighted by molar-refractivity contribution is -0.532. The molecule has 0 aromatic rings. The van der Waals surface area contributed by atoms with E-state index in [1.54, 1.807) is 0 Å². The molecule has 1 saturated carbocycles. The van der Waals surface area contributed by atoms with Gasteiger partial charge >= 0.3 is 12.3 Å². The molecule has 1 aliphatic carbocycles. The molecule has 0 aromatic carbocycles. The van der Waals surface area contributed by atoms with E-state index in [0.29, 0.717) is 0 Å². The molecular weight excluding hydrogens is 256 g/mol. The van der Waals surface area contributed by atoms with Gasteiger partial charge in [-0.3, -0.25) is 0 Å². The van der Waals surface area contributed by atoms with Crippen molar-refractivity contribution in [2.45, 2.75) is 58.5 Å². The maximum Gasteiger partial charge on any atom is 0.553 e. The molecule has 0 radical (unpaired) electrons. The summed E-state index contributed by atoms with van der Waals surface area (Å²) in [6.07, 6.45) is 1.45. The summed E-state index contributed by atoms with van der Waals surface area (Å²) in [6, 6.07) is 0. The fourth-order valence-corrected chi connectivity index (χ4v) is 2.28. The molecule has 1 fully saturated rings. The summed E-state index contributed by atoms with van der Waals surface area (Å²) < 4.78 is 3.71. The Morgan fingerprint density at radius 1 is 1.11 bits per heavy atom. The van der Waals surface area contributed by atoms with Crippen molar-refractivity contribution in [3.8, 4) is 0 Å². The molecule has 0 spiro atoms. The summed E-state index contributed by atoms with van der Waals surface area (Å²) in [5.41, 5.74) is -0.762. The van der Waals surface area contributed by atoms with Crippen molar-refractivity contribution < 1.29 is 34.2 Å². The molecule has 0 unspecified atom stereocenters. The average Bonchev–Trinajstić information content (AvgIpc) is 2.27. The van der Waals surface area contributed by atoms with Crippen LogP contribution < -0.4 is 0 Å². The van der Waals surface area contributed by atoms with E-state index >= 15 is 0 Å². The highest BCUT2D eigenvalue weighted by atomic mass is 17.5. The molecule has 19 heavy (non-hydrogen) atoms. The number of hydrogen-bond acceptors (Lipinski definition) is 6. The Morgan fingerprint density at radius 3 is 2.16 bits per heavy atom. The molecule has 0 amide bonds. The van der Waals surface area contributed by atoms with Crippen molar-refractivity contribution in [2.75, 3.05) is 0 Å². The number of carbonyl (C=O) groups is 2. The smallest absolute Gasteiger partial charge is 0.449 e. The lowest BCUT2D eigenvalue weighted by atomic mass is 9.68. The van der Waals surface area contributed by atoms with Gasteiger partial charge in [-0.05, 0) is 23.3 Å². The molecule has 7 nitrogen and oxygen atoms in total. The number of hydrogen-bond donors (Lipinski definition) is 1. The van der Waals surface area contributed by atoms with Crippen LogP contribution in [-0.4, -0.2) is 23.0 Å². The van der Waals surface area contributed by atoms with Crippen LogP contribution in [0.3, 0.4) is 0 Å². The molecule has 0 aliphatic heterocycles. The fourth-order valence-electron chi connectivity index (χ4n) is 2.28. The minimum Gasteiger partial charge on any atom is -0.449 e. The first-order valence-electron chi connectivity index (χ1n) is 6.24. The van der Waals surface area contributed by atoms with Gasteiger partial charge in [-0.2, -0.15) is 9.68 Å². The monoisotopic (exact) mass is 276 g/mol. The summed E-state index contributed by atoms with van der Waals surface area (Å²) >= 11 is 0. The van der Waals surface area contributed by atoms with Crippen molar-refractivity contribution in [3.63, 3.8) is 0 Å². The van der Waals surface area contributed by atoms with Gasteiger partial charge in [-0.1, -0.05) is 40.0 Å². The van der Waals surface area contributed by atoms with Gasteiger partial charge in [0.25, 0.3) is 0 Å². The summed E-state index contributed by atoms with van der Waals surface area (Å²) in [5.74, 6) is 0. The third-order valence-corrected chi connectivity index (χ3v) is 3.49. The van der Waals surface area contributed by atoms with Gasteiger partial charge in [0.05, 0.1) is 0 Å². The third-order valence-electron chi connectivity index (χ3n) is 3.49. The molecule has 1 N–H and O–H groups in total. The van der Waals surface area contributed by atoms with Crippen LogP contribution in [0.25, 0.3) is 0 Å². The lowest BCUT2D eigenvalue weighted by Gasteiger charge is -2.44. The van der Waals surface area contributed by atoms with E-state index in [1.807, 2.05) is 20.8 Å². The average molecular weight is 276 g/mol. The van der Waals surface area contributed by atoms with Crippen molar-refractivity contribution in [1.29, 1.82) is 0 Å². The van der Waals surface area contributed by atoms with Crippen LogP contribution in [0.1, 0.15) is 52.9 Å². The van der Waals surface area contributed by atoms with Gasteiger partial charge in [0.15, 0.2) is 0 Å². The van der Waals surface area contributed by atoms with Crippen molar-refractivity contribution >= 4 is 12.3 Å². The molecule has 7 heteroatoms. The highest BCUT2D eigenvalue weighted by Gasteiger charge is 2.45. The molecule has 0 heterocycles. The van der Waals surface area contributed by atoms with E-state index in [2.05, 4.69) is 14.7 Å². The summed E-state index contributed by atoms with van der Waals surface area (Å²) in [6.45, 7) is 6.03. The minimum atomic E-state index is -1.77. The first-order chi connectivity index (χ1) is 8.77. The SMILES string of the molecule is CC(C)(C)C1(OOOC(=O)OC(=O)O)CCCCC1. The molecule has 0 atom stereocenters. The largest absolute Gasteiger partial charge is 0.553 e. The molecule has 0 aromatic heterocycles. The predicted molar refractivity (Wildman–Crippen MR) is 63.0 cm³/mol. The van der Waals surface area contributed by atoms with Crippen LogP contribution in [0, 0.1) is 5.41 Å². The van der Waals surface area contributed by atoms with E-state index in [0.717, 1.165) is 32.1 Å². The molecule has 110 valence electrons. The van der Waals surface area contributed by atoms with Crippen LogP contribution in [0.5, 0.6) is 0 Å². The molecule has 1 rings (SSSR count). The molecule has 0 bridgehead atoms. The zero-order valence-corrected chi connectivity index (χ0v) is 11.4. The second-order valence-electron chi connectivity index (χ2n) is 5.66. The third kappa shape index (κ3) is 4.36. The number of carbonyl (C=O) groups excluding carboxylic acids is 1. The minimum absolute atomic E-state index is 0.201. The van der Waals surface area contributed by atoms with E-state index in [-0.39, 0.29) is 5.41 Å². The first kappa shape index (κ1) is 15.7. The van der Waals surface area contributed by atoms with Crippen molar-refractivity contribution in [2.24, 2.45) is 5.41 Å². The second kappa shape index (κ2) is 6.21. The Balaban J connectivity index is 2.51. The van der Waals surface area contributed by atoms with Gasteiger partial charge in [-0.15, -0.1) is 0 Å². The maximum atomic E-state index is 10.8. The first-order valence-corrected chi connectivity index (χ1v) is 6.24. The summed E-state index contributed by atoms with van der Waals surface area (Å²) in [5, 5.41) is 12.6. The quantitative estimate of drug-likeness (QED) is 0.365. The zero-order valence-electron chi connectivity index (χ0n) is 11.4. The van der Waals surface area contributed by atoms with Gasteiger partial charge < -0.3 is 9.84 Å². The van der Waals surface area contributed by atoms with Gasteiger partial charge in [0.1, 0.15) is 5.60 Å². The van der Waals surface area contributed by atoms with Gasteiger partial charge in [0, 0.05) is 0 Å². The standard InChI is InChI=1S/C12H20O7/c1-11(2,3)12(7-5-4-6-8-12)18-19-17-10(15)16-9(13)14/h4-8H2,1-3H3,(H,13,14). The van der Waals surface area contributed by atoms with Crippen LogP contribution >= 0.6 is 0 Å². The Hall–Kier alpha value is -1.34. The lowest BCUT2D eigenvalue weighted by Crippen LogP contribution is -2.47. The Kier molecular flexibility index (Phi) is 5.13. The number of carboxylic acid groups (broad SMARTS) is 1. The Bertz CT molecular complexity index is 325. The van der Waals surface area contributed by atoms with Gasteiger partial charge in [-0.25, -0.2) is 9.68 Å². The summed E-state index contributed by atoms with van der Waals surface area (Å²) in [7, 11) is 0. The Labute approximate surface area is 111 Å². The van der Waals surface area contributed by atoms with Crippen LogP contribution in [0.2, 0.25) is 0 Å². The second-order valence-corrected chi connectivity index (χ2v) is 5.66. The normalized spacial score (nSPS) is 18.7. The van der Waals surface area contributed by atoms with Crippen molar-refractivity contribution in [3.05, 3.63) is 0 Å². The van der Waals surface area contributed by atoms with Crippen LogP contribution in [0.4, 0.5) is 9.59 Å². The van der Waals surface area contributed by atoms with Gasteiger partial charge in [0.2, 0.25) is 0 Å². The van der Waals surface area contributed by atoms with Crippen molar-refractivity contribution in [1.82, 2.24) is 0 Å².